The Kier molecular flexibility index (Phi) is 10.5. The first-order valence-corrected chi connectivity index (χ1v) is 6.60. The Morgan fingerprint density at radius 1 is 1.21 bits per heavy atom. The molecule has 110 valence electrons. The van der Waals surface area contributed by atoms with Crippen LogP contribution in [0, 0.1) is 0 Å². The molecule has 0 aromatic heterocycles. The highest BCUT2D eigenvalue weighted by Crippen LogP contribution is 1.98. The molecular formula is C12H25N5O2. The van der Waals surface area contributed by atoms with E-state index in [0.717, 1.165) is 25.5 Å². The smallest absolute Gasteiger partial charge is 0.236 e. The molecule has 0 saturated heterocycles. The monoisotopic (exact) mass is 271 g/mol. The van der Waals surface area contributed by atoms with Gasteiger partial charge in [0.15, 0.2) is 5.96 Å². The Morgan fingerprint density at radius 2 is 1.95 bits per heavy atom. The minimum atomic E-state index is -0.524. The van der Waals surface area contributed by atoms with Crippen molar-refractivity contribution in [2.24, 2.45) is 22.2 Å². The van der Waals surface area contributed by atoms with Gasteiger partial charge in [0.2, 0.25) is 5.91 Å². The molecule has 7 nitrogen and oxygen atoms in total. The lowest BCUT2D eigenvalue weighted by molar-refractivity contribution is -0.122. The third-order valence-electron chi connectivity index (χ3n) is 2.60. The topological polar surface area (TPSA) is 137 Å². The number of unbranched alkanes of at least 4 members (excludes halogenated alkanes) is 3. The largest absolute Gasteiger partial charge is 0.370 e. The lowest BCUT2D eigenvalue weighted by Gasteiger charge is -2.11. The molecule has 0 fully saturated rings. The van der Waals surface area contributed by atoms with Gasteiger partial charge in [-0.25, -0.2) is 0 Å². The summed E-state index contributed by atoms with van der Waals surface area (Å²) in [4.78, 5) is 25.5. The second kappa shape index (κ2) is 11.5. The average molecular weight is 271 g/mol. The summed E-state index contributed by atoms with van der Waals surface area (Å²) in [6, 6.07) is -0.524. The first-order chi connectivity index (χ1) is 9.07. The molecule has 0 bridgehead atoms. The standard InChI is InChI=1S/C12H25N5O2/c13-10(6-5-8-17-12(14)15)11(19)16-7-3-1-2-4-9-18/h9-10H,1-8,13H2,(H,16,19)(H4,14,15,17)/t10-/m0/s1. The number of hydrogen-bond donors (Lipinski definition) is 4. The maximum Gasteiger partial charge on any atom is 0.236 e. The van der Waals surface area contributed by atoms with Crippen LogP contribution in [0.4, 0.5) is 0 Å². The normalized spacial score (nSPS) is 11.6. The van der Waals surface area contributed by atoms with Gasteiger partial charge < -0.3 is 27.3 Å². The van der Waals surface area contributed by atoms with Gasteiger partial charge in [-0.1, -0.05) is 6.42 Å². The van der Waals surface area contributed by atoms with Crippen molar-refractivity contribution in [2.75, 3.05) is 13.1 Å². The molecule has 0 aliphatic heterocycles. The number of nitrogens with two attached hydrogens (primary N) is 3. The molecule has 0 aliphatic carbocycles. The molecule has 0 heterocycles. The molecule has 0 rings (SSSR count). The van der Waals surface area contributed by atoms with Crippen molar-refractivity contribution in [2.45, 2.75) is 44.6 Å². The van der Waals surface area contributed by atoms with Crippen molar-refractivity contribution in [1.82, 2.24) is 5.32 Å². The van der Waals surface area contributed by atoms with Crippen molar-refractivity contribution in [3.8, 4) is 0 Å². The molecule has 7 heteroatoms. The quantitative estimate of drug-likeness (QED) is 0.169. The van der Waals surface area contributed by atoms with Gasteiger partial charge in [0, 0.05) is 19.5 Å². The van der Waals surface area contributed by atoms with E-state index < -0.39 is 6.04 Å². The SMILES string of the molecule is NC(N)=NCCC[C@H](N)C(=O)NCCCCCC=O. The van der Waals surface area contributed by atoms with Crippen LogP contribution in [-0.4, -0.2) is 37.3 Å². The minimum Gasteiger partial charge on any atom is -0.370 e. The Morgan fingerprint density at radius 3 is 2.58 bits per heavy atom. The number of aliphatic imine (C=N–C) groups is 1. The number of nitrogens with zero attached hydrogens (tertiary/aromatic N) is 1. The van der Waals surface area contributed by atoms with Crippen LogP contribution in [0.2, 0.25) is 0 Å². The number of amides is 1. The predicted molar refractivity (Wildman–Crippen MR) is 75.4 cm³/mol. The van der Waals surface area contributed by atoms with E-state index in [9.17, 15) is 9.59 Å². The number of hydrogen-bond acceptors (Lipinski definition) is 4. The Bertz CT molecular complexity index is 290. The highest BCUT2D eigenvalue weighted by Gasteiger charge is 2.11. The lowest BCUT2D eigenvalue weighted by Crippen LogP contribution is -2.41. The van der Waals surface area contributed by atoms with Crippen molar-refractivity contribution >= 4 is 18.2 Å². The van der Waals surface area contributed by atoms with E-state index in [1.54, 1.807) is 0 Å². The third-order valence-corrected chi connectivity index (χ3v) is 2.60. The van der Waals surface area contributed by atoms with Crippen molar-refractivity contribution in [1.29, 1.82) is 0 Å². The summed E-state index contributed by atoms with van der Waals surface area (Å²) in [5.74, 6) is -0.103. The molecule has 0 aliphatic rings. The lowest BCUT2D eigenvalue weighted by atomic mass is 10.1. The van der Waals surface area contributed by atoms with Gasteiger partial charge in [0.25, 0.3) is 0 Å². The summed E-state index contributed by atoms with van der Waals surface area (Å²) in [6.45, 7) is 1.08. The molecule has 0 saturated carbocycles. The molecule has 1 amide bonds. The summed E-state index contributed by atoms with van der Waals surface area (Å²) >= 11 is 0. The fourth-order valence-corrected chi connectivity index (χ4v) is 1.52. The summed E-state index contributed by atoms with van der Waals surface area (Å²) in [5, 5.41) is 2.77. The van der Waals surface area contributed by atoms with Crippen molar-refractivity contribution < 1.29 is 9.59 Å². The molecule has 0 spiro atoms. The zero-order valence-corrected chi connectivity index (χ0v) is 11.3. The van der Waals surface area contributed by atoms with E-state index in [1.807, 2.05) is 0 Å². The highest BCUT2D eigenvalue weighted by atomic mass is 16.2. The molecule has 0 aromatic carbocycles. The first kappa shape index (κ1) is 17.4. The summed E-state index contributed by atoms with van der Waals surface area (Å²) in [5.41, 5.74) is 16.1. The fourth-order valence-electron chi connectivity index (χ4n) is 1.52. The van der Waals surface area contributed by atoms with E-state index in [2.05, 4.69) is 10.3 Å². The van der Waals surface area contributed by atoms with Crippen LogP contribution in [0.5, 0.6) is 0 Å². The minimum absolute atomic E-state index is 0.0494. The molecule has 0 unspecified atom stereocenters. The molecule has 19 heavy (non-hydrogen) atoms. The maximum absolute atomic E-state index is 11.6. The molecule has 0 radical (unpaired) electrons. The summed E-state index contributed by atoms with van der Waals surface area (Å²) in [6.07, 6.45) is 5.37. The van der Waals surface area contributed by atoms with E-state index in [-0.39, 0.29) is 11.9 Å². The molecule has 0 aromatic rings. The van der Waals surface area contributed by atoms with Crippen LogP contribution < -0.4 is 22.5 Å². The van der Waals surface area contributed by atoms with E-state index in [1.165, 1.54) is 0 Å². The number of nitrogens with one attached hydrogen (secondary N) is 1. The highest BCUT2D eigenvalue weighted by molar-refractivity contribution is 5.81. The van der Waals surface area contributed by atoms with E-state index in [0.29, 0.717) is 32.4 Å². The van der Waals surface area contributed by atoms with Crippen LogP contribution in [0.1, 0.15) is 38.5 Å². The second-order valence-corrected chi connectivity index (χ2v) is 4.36. The maximum atomic E-state index is 11.6. The number of guanidine groups is 1. The molecular weight excluding hydrogens is 246 g/mol. The van der Waals surface area contributed by atoms with Gasteiger partial charge >= 0.3 is 0 Å². The number of carbonyl (C=O) groups is 2. The van der Waals surface area contributed by atoms with Crippen LogP contribution in [-0.2, 0) is 9.59 Å². The molecule has 7 N–H and O–H groups in total. The fraction of sp³-hybridized carbons (Fsp3) is 0.750. The van der Waals surface area contributed by atoms with Gasteiger partial charge in [-0.05, 0) is 25.7 Å². The summed E-state index contributed by atoms with van der Waals surface area (Å²) in [7, 11) is 0. The zero-order chi connectivity index (χ0) is 14.5. The Labute approximate surface area is 114 Å². The first-order valence-electron chi connectivity index (χ1n) is 6.60. The van der Waals surface area contributed by atoms with Gasteiger partial charge in [-0.15, -0.1) is 0 Å². The Hall–Kier alpha value is -1.63. The van der Waals surface area contributed by atoms with Gasteiger partial charge in [-0.3, -0.25) is 9.79 Å². The van der Waals surface area contributed by atoms with E-state index >= 15 is 0 Å². The zero-order valence-electron chi connectivity index (χ0n) is 11.3. The Balaban J connectivity index is 3.53. The van der Waals surface area contributed by atoms with Crippen molar-refractivity contribution in [3.05, 3.63) is 0 Å². The van der Waals surface area contributed by atoms with Gasteiger partial charge in [0.1, 0.15) is 6.29 Å². The van der Waals surface area contributed by atoms with Crippen LogP contribution >= 0.6 is 0 Å². The number of aldehydes is 1. The second-order valence-electron chi connectivity index (χ2n) is 4.36. The van der Waals surface area contributed by atoms with E-state index in [4.69, 9.17) is 17.2 Å². The van der Waals surface area contributed by atoms with Crippen molar-refractivity contribution in [3.63, 3.8) is 0 Å². The molecule has 1 atom stereocenters. The van der Waals surface area contributed by atoms with Crippen LogP contribution in [0.15, 0.2) is 4.99 Å². The van der Waals surface area contributed by atoms with Crippen LogP contribution in [0.3, 0.4) is 0 Å². The van der Waals surface area contributed by atoms with Gasteiger partial charge in [0.05, 0.1) is 6.04 Å². The summed E-state index contributed by atoms with van der Waals surface area (Å²) < 4.78 is 0. The third kappa shape index (κ3) is 11.2. The van der Waals surface area contributed by atoms with Crippen LogP contribution in [0.25, 0.3) is 0 Å². The average Bonchev–Trinajstić information content (AvgIpc) is 2.38. The number of rotatable bonds is 11. The predicted octanol–water partition coefficient (Wildman–Crippen LogP) is -0.757. The van der Waals surface area contributed by atoms with Gasteiger partial charge in [-0.2, -0.15) is 0 Å². The number of carbonyl (C=O) groups excluding carboxylic acids is 2.